The summed E-state index contributed by atoms with van der Waals surface area (Å²) in [5.41, 5.74) is -0.399. The molecule has 1 rings (SSSR count). The Hall–Kier alpha value is -1.87. The van der Waals surface area contributed by atoms with E-state index in [2.05, 4.69) is 39.6 Å². The lowest BCUT2D eigenvalue weighted by Gasteiger charge is -2.35. The van der Waals surface area contributed by atoms with Crippen LogP contribution in [0.2, 0.25) is 0 Å². The number of rotatable bonds is 60. The van der Waals surface area contributed by atoms with Crippen molar-refractivity contribution in [3.8, 4) is 0 Å². The minimum Gasteiger partial charge on any atom is -0.463 e. The zero-order chi connectivity index (χ0) is 56.7. The van der Waals surface area contributed by atoms with E-state index in [0.29, 0.717) is 85.5 Å². The minimum absolute atomic E-state index is 0.0188. The molecule has 0 spiro atoms. The molecule has 78 heavy (non-hydrogen) atoms. The van der Waals surface area contributed by atoms with E-state index < -0.39 is 5.41 Å². The fraction of sp³-hybridized carbons (Fsp3) is 0.954. The Morgan fingerprint density at radius 2 is 0.718 bits per heavy atom. The van der Waals surface area contributed by atoms with Gasteiger partial charge >= 0.3 is 17.9 Å². The van der Waals surface area contributed by atoms with E-state index >= 15 is 0 Å². The van der Waals surface area contributed by atoms with Gasteiger partial charge in [-0.1, -0.05) is 169 Å². The van der Waals surface area contributed by atoms with E-state index in [1.54, 1.807) is 0 Å². The van der Waals surface area contributed by atoms with Crippen molar-refractivity contribution in [2.24, 2.45) is 5.41 Å². The van der Waals surface area contributed by atoms with Crippen molar-refractivity contribution in [2.75, 3.05) is 99.4 Å². The Morgan fingerprint density at radius 1 is 0.385 bits per heavy atom. The molecule has 1 aliphatic heterocycles. The topological polar surface area (TPSA) is 138 Å². The highest BCUT2D eigenvalue weighted by Gasteiger charge is 2.37. The van der Waals surface area contributed by atoms with Gasteiger partial charge in [0.15, 0.2) is 0 Å². The summed E-state index contributed by atoms with van der Waals surface area (Å²) in [6.07, 6.45) is 41.5. The Balaban J connectivity index is 2.39. The molecule has 0 aromatic carbocycles. The molecule has 1 saturated heterocycles. The van der Waals surface area contributed by atoms with Gasteiger partial charge in [-0.25, -0.2) is 0 Å². The summed E-state index contributed by atoms with van der Waals surface area (Å²) in [7, 11) is 2.08. The monoisotopic (exact) mass is 1110 g/mol. The summed E-state index contributed by atoms with van der Waals surface area (Å²) in [5, 5.41) is 0. The standard InChI is InChI=1S/C65H125NO12/c1-7-11-15-19-23-31-39-59(37-29-17-13-9-3)77-62(67)41-33-25-21-27-35-47-73-57-61(58-74-54-53-71-50-49-70-51-52-72-55-56-76-64(69)65(5)43-45-66(6)46-44-65)75-48-36-28-22-26-34-42-63(68)78-60(38-30-18-14-10-4)40-32-24-20-16-12-8-2/h59-61H,7-58H2,1-6H3. The zero-order valence-corrected chi connectivity index (χ0v) is 51.8. The fourth-order valence-electron chi connectivity index (χ4n) is 9.99. The van der Waals surface area contributed by atoms with Crippen molar-refractivity contribution < 1.29 is 57.0 Å². The van der Waals surface area contributed by atoms with Crippen molar-refractivity contribution in [1.82, 2.24) is 4.90 Å². The lowest BCUT2D eigenvalue weighted by molar-refractivity contribution is -0.159. The maximum Gasteiger partial charge on any atom is 0.311 e. The molecule has 0 bridgehead atoms. The largest absolute Gasteiger partial charge is 0.463 e. The van der Waals surface area contributed by atoms with Crippen LogP contribution >= 0.6 is 0 Å². The van der Waals surface area contributed by atoms with Gasteiger partial charge in [0, 0.05) is 26.1 Å². The van der Waals surface area contributed by atoms with Gasteiger partial charge in [0.2, 0.25) is 0 Å². The molecule has 0 saturated carbocycles. The van der Waals surface area contributed by atoms with Crippen LogP contribution in [-0.2, 0) is 57.0 Å². The molecule has 13 heteroatoms. The molecule has 0 amide bonds. The highest BCUT2D eigenvalue weighted by atomic mass is 16.6. The Kier molecular flexibility index (Phi) is 52.9. The second kappa shape index (κ2) is 55.7. The van der Waals surface area contributed by atoms with Crippen molar-refractivity contribution in [3.05, 3.63) is 0 Å². The van der Waals surface area contributed by atoms with Crippen LogP contribution in [0, 0.1) is 5.41 Å². The van der Waals surface area contributed by atoms with Crippen LogP contribution in [-0.4, -0.2) is 141 Å². The van der Waals surface area contributed by atoms with Crippen molar-refractivity contribution in [2.45, 2.75) is 297 Å². The summed E-state index contributed by atoms with van der Waals surface area (Å²) >= 11 is 0. The van der Waals surface area contributed by atoms with Gasteiger partial charge in [-0.2, -0.15) is 0 Å². The van der Waals surface area contributed by atoms with Crippen LogP contribution in [0.15, 0.2) is 0 Å². The average Bonchev–Trinajstić information content (AvgIpc) is 3.43. The Morgan fingerprint density at radius 3 is 1.15 bits per heavy atom. The van der Waals surface area contributed by atoms with Crippen LogP contribution in [0.3, 0.4) is 0 Å². The summed E-state index contributed by atoms with van der Waals surface area (Å²) in [6, 6.07) is 0. The number of carbonyl (C=O) groups is 3. The van der Waals surface area contributed by atoms with E-state index in [1.807, 2.05) is 6.92 Å². The number of esters is 3. The molecule has 1 heterocycles. The SMILES string of the molecule is CCCCCCCCC(CCCCCC)OC(=O)CCCCCCCOCC(COCCOCCOCCOCCOC(=O)C1(C)CCN(C)CC1)OCCCCCCCC(=O)OC(CCCCCC)CCCCCCCC. The summed E-state index contributed by atoms with van der Waals surface area (Å²) in [6.45, 7) is 18.3. The van der Waals surface area contributed by atoms with E-state index in [-0.39, 0.29) is 42.8 Å². The van der Waals surface area contributed by atoms with Crippen LogP contribution in [0.4, 0.5) is 0 Å². The molecule has 0 radical (unpaired) electrons. The Labute approximate surface area is 479 Å². The van der Waals surface area contributed by atoms with Gasteiger partial charge in [0.25, 0.3) is 0 Å². The first-order chi connectivity index (χ1) is 38.2. The molecular weight excluding hydrogens is 987 g/mol. The first-order valence-corrected chi connectivity index (χ1v) is 32.9. The van der Waals surface area contributed by atoms with Gasteiger partial charge in [0.1, 0.15) is 24.9 Å². The van der Waals surface area contributed by atoms with E-state index in [4.69, 9.17) is 42.6 Å². The molecule has 1 aliphatic rings. The predicted molar refractivity (Wildman–Crippen MR) is 318 cm³/mol. The molecule has 462 valence electrons. The lowest BCUT2D eigenvalue weighted by Crippen LogP contribution is -2.42. The highest BCUT2D eigenvalue weighted by molar-refractivity contribution is 5.76. The van der Waals surface area contributed by atoms with Gasteiger partial charge < -0.3 is 47.5 Å². The predicted octanol–water partition coefficient (Wildman–Crippen LogP) is 15.7. The molecule has 0 N–H and O–H groups in total. The smallest absolute Gasteiger partial charge is 0.311 e. The molecule has 0 aliphatic carbocycles. The summed E-state index contributed by atoms with van der Waals surface area (Å²) in [5.74, 6) is -0.168. The molecule has 0 aromatic heterocycles. The van der Waals surface area contributed by atoms with Crippen molar-refractivity contribution in [3.63, 3.8) is 0 Å². The van der Waals surface area contributed by atoms with E-state index in [1.165, 1.54) is 103 Å². The minimum atomic E-state index is -0.399. The number of hydrogen-bond acceptors (Lipinski definition) is 13. The number of ether oxygens (including phenoxy) is 9. The summed E-state index contributed by atoms with van der Waals surface area (Å²) in [4.78, 5) is 40.5. The third-order valence-corrected chi connectivity index (χ3v) is 15.4. The third-order valence-electron chi connectivity index (χ3n) is 15.4. The Bertz CT molecular complexity index is 1310. The number of hydrogen-bond donors (Lipinski definition) is 0. The normalized spacial score (nSPS) is 14.8. The van der Waals surface area contributed by atoms with Crippen molar-refractivity contribution >= 4 is 17.9 Å². The molecular formula is C65H125NO12. The number of carbonyl (C=O) groups excluding carboxylic acids is 3. The molecule has 3 unspecified atom stereocenters. The second-order valence-corrected chi connectivity index (χ2v) is 23.1. The maximum absolute atomic E-state index is 12.8. The van der Waals surface area contributed by atoms with Crippen LogP contribution in [0.5, 0.6) is 0 Å². The third kappa shape index (κ3) is 46.7. The number of likely N-dealkylation sites (tertiary alicyclic amines) is 1. The number of nitrogens with zero attached hydrogens (tertiary/aromatic N) is 1. The first kappa shape index (κ1) is 74.1. The fourth-order valence-corrected chi connectivity index (χ4v) is 9.99. The van der Waals surface area contributed by atoms with Crippen LogP contribution in [0.25, 0.3) is 0 Å². The average molecular weight is 1110 g/mol. The van der Waals surface area contributed by atoms with Crippen LogP contribution < -0.4 is 0 Å². The first-order valence-electron chi connectivity index (χ1n) is 32.9. The number of piperidine rings is 1. The second-order valence-electron chi connectivity index (χ2n) is 23.1. The maximum atomic E-state index is 12.8. The highest BCUT2D eigenvalue weighted by Crippen LogP contribution is 2.32. The van der Waals surface area contributed by atoms with Gasteiger partial charge in [-0.15, -0.1) is 0 Å². The van der Waals surface area contributed by atoms with Crippen molar-refractivity contribution in [1.29, 1.82) is 0 Å². The van der Waals surface area contributed by atoms with E-state index in [9.17, 15) is 14.4 Å². The quantitative estimate of drug-likeness (QED) is 0.0325. The lowest BCUT2D eigenvalue weighted by atomic mass is 9.80. The number of unbranched alkanes of at least 4 members (excludes halogenated alkanes) is 24. The van der Waals surface area contributed by atoms with Gasteiger partial charge in [-0.3, -0.25) is 14.4 Å². The molecule has 0 aromatic rings. The van der Waals surface area contributed by atoms with Gasteiger partial charge in [-0.05, 0) is 117 Å². The van der Waals surface area contributed by atoms with Gasteiger partial charge in [0.05, 0.1) is 64.9 Å². The summed E-state index contributed by atoms with van der Waals surface area (Å²) < 4.78 is 53.0. The molecule has 1 fully saturated rings. The van der Waals surface area contributed by atoms with Crippen LogP contribution in [0.1, 0.15) is 279 Å². The zero-order valence-electron chi connectivity index (χ0n) is 51.8. The molecule has 3 atom stereocenters. The van der Waals surface area contributed by atoms with E-state index in [0.717, 1.165) is 142 Å². The molecule has 13 nitrogen and oxygen atoms in total.